The molecule has 4 nitrogen and oxygen atoms in total. The average Bonchev–Trinajstić information content (AvgIpc) is 2.68. The first-order valence-corrected chi connectivity index (χ1v) is 6.39. The molecule has 2 heterocycles. The van der Waals surface area contributed by atoms with E-state index in [-0.39, 0.29) is 18.0 Å². The van der Waals surface area contributed by atoms with Crippen molar-refractivity contribution in [3.05, 3.63) is 16.1 Å². The summed E-state index contributed by atoms with van der Waals surface area (Å²) in [6.07, 6.45) is 3.64. The maximum absolute atomic E-state index is 11.9. The van der Waals surface area contributed by atoms with Gasteiger partial charge in [0.15, 0.2) is 0 Å². The highest BCUT2D eigenvalue weighted by Gasteiger charge is 2.30. The highest BCUT2D eigenvalue weighted by atomic mass is 32.1. The molecule has 1 aliphatic rings. The van der Waals surface area contributed by atoms with E-state index in [4.69, 9.17) is 5.73 Å². The molecule has 5 heteroatoms. The summed E-state index contributed by atoms with van der Waals surface area (Å²) in [5, 5.41) is 1.000. The fourth-order valence-corrected chi connectivity index (χ4v) is 2.85. The number of hydrogen-bond acceptors (Lipinski definition) is 4. The van der Waals surface area contributed by atoms with E-state index in [1.54, 1.807) is 11.3 Å². The third kappa shape index (κ3) is 2.10. The fourth-order valence-electron chi connectivity index (χ4n) is 2.01. The average molecular weight is 239 g/mol. The van der Waals surface area contributed by atoms with Gasteiger partial charge in [0, 0.05) is 17.6 Å². The first kappa shape index (κ1) is 11.5. The number of hydrogen-bond donors (Lipinski definition) is 1. The molecule has 0 radical (unpaired) electrons. The van der Waals surface area contributed by atoms with Crippen molar-refractivity contribution in [1.29, 1.82) is 0 Å². The maximum atomic E-state index is 11.9. The van der Waals surface area contributed by atoms with Crippen LogP contribution in [0.5, 0.6) is 0 Å². The van der Waals surface area contributed by atoms with Gasteiger partial charge < -0.3 is 10.6 Å². The van der Waals surface area contributed by atoms with Gasteiger partial charge in [-0.25, -0.2) is 4.98 Å². The van der Waals surface area contributed by atoms with Gasteiger partial charge in [0.05, 0.1) is 12.1 Å². The number of amides is 1. The number of carbonyl (C=O) groups is 1. The van der Waals surface area contributed by atoms with Gasteiger partial charge in [-0.1, -0.05) is 0 Å². The van der Waals surface area contributed by atoms with Crippen molar-refractivity contribution in [3.8, 4) is 0 Å². The Kier molecular flexibility index (Phi) is 3.25. The molecule has 1 aromatic heterocycles. The Balaban J connectivity index is 2.14. The number of piperidine rings is 1. The van der Waals surface area contributed by atoms with Crippen molar-refractivity contribution in [1.82, 2.24) is 9.88 Å². The van der Waals surface area contributed by atoms with Gasteiger partial charge in [-0.3, -0.25) is 4.79 Å². The van der Waals surface area contributed by atoms with Crippen molar-refractivity contribution in [3.63, 3.8) is 0 Å². The molecular weight excluding hydrogens is 222 g/mol. The monoisotopic (exact) mass is 239 g/mol. The number of likely N-dealkylation sites (tertiary alicyclic amines) is 1. The summed E-state index contributed by atoms with van der Waals surface area (Å²) in [5.74, 6) is 0.0617. The Hall–Kier alpha value is -0.940. The topological polar surface area (TPSA) is 59.2 Å². The Bertz CT molecular complexity index is 390. The summed E-state index contributed by atoms with van der Waals surface area (Å²) in [6.45, 7) is 4.85. The molecule has 1 fully saturated rings. The number of aryl methyl sites for hydroxylation is 1. The highest BCUT2D eigenvalue weighted by molar-refractivity contribution is 7.11. The fraction of sp³-hybridized carbons (Fsp3) is 0.636. The van der Waals surface area contributed by atoms with Gasteiger partial charge >= 0.3 is 0 Å². The maximum Gasteiger partial charge on any atom is 0.240 e. The summed E-state index contributed by atoms with van der Waals surface area (Å²) < 4.78 is 0. The lowest BCUT2D eigenvalue weighted by Gasteiger charge is -2.34. The van der Waals surface area contributed by atoms with Crippen LogP contribution >= 0.6 is 11.3 Å². The second kappa shape index (κ2) is 4.51. The summed E-state index contributed by atoms with van der Waals surface area (Å²) in [7, 11) is 0. The summed E-state index contributed by atoms with van der Waals surface area (Å²) in [6, 6.07) is -0.269. The first-order valence-electron chi connectivity index (χ1n) is 5.58. The van der Waals surface area contributed by atoms with E-state index in [2.05, 4.69) is 4.98 Å². The van der Waals surface area contributed by atoms with Crippen molar-refractivity contribution in [2.24, 2.45) is 5.73 Å². The van der Waals surface area contributed by atoms with Gasteiger partial charge in [0.25, 0.3) is 0 Å². The van der Waals surface area contributed by atoms with Crippen LogP contribution in [0.4, 0.5) is 0 Å². The number of nitrogens with zero attached hydrogens (tertiary/aromatic N) is 2. The predicted octanol–water partition coefficient (Wildman–Crippen LogP) is 1.46. The predicted molar refractivity (Wildman–Crippen MR) is 64.2 cm³/mol. The number of rotatable bonds is 2. The zero-order valence-electron chi connectivity index (χ0n) is 9.64. The smallest absolute Gasteiger partial charge is 0.240 e. The van der Waals surface area contributed by atoms with E-state index in [1.165, 1.54) is 4.88 Å². The minimum absolute atomic E-state index is 0.0533. The first-order chi connectivity index (χ1) is 7.59. The molecule has 1 amide bonds. The normalized spacial score (nSPS) is 23.6. The molecule has 1 aromatic rings. The molecule has 2 atom stereocenters. The lowest BCUT2D eigenvalue weighted by molar-refractivity contribution is -0.137. The van der Waals surface area contributed by atoms with Crippen LogP contribution in [0.15, 0.2) is 6.20 Å². The molecular formula is C11H17N3OS. The zero-order valence-corrected chi connectivity index (χ0v) is 10.5. The Morgan fingerprint density at radius 3 is 3.06 bits per heavy atom. The number of carbonyl (C=O) groups excluding carboxylic acids is 1. The van der Waals surface area contributed by atoms with E-state index < -0.39 is 0 Å². The van der Waals surface area contributed by atoms with Gasteiger partial charge in [-0.05, 0) is 26.7 Å². The number of nitrogens with two attached hydrogens (primary N) is 1. The molecule has 1 saturated heterocycles. The van der Waals surface area contributed by atoms with E-state index in [0.29, 0.717) is 0 Å². The third-order valence-corrected chi connectivity index (χ3v) is 4.06. The van der Waals surface area contributed by atoms with Crippen LogP contribution < -0.4 is 5.73 Å². The van der Waals surface area contributed by atoms with Crippen LogP contribution in [0, 0.1) is 6.92 Å². The molecule has 0 spiro atoms. The van der Waals surface area contributed by atoms with Gasteiger partial charge in [0.1, 0.15) is 5.01 Å². The largest absolute Gasteiger partial charge is 0.332 e. The Labute approximate surface area is 99.5 Å². The van der Waals surface area contributed by atoms with Crippen LogP contribution in [0.1, 0.15) is 35.7 Å². The van der Waals surface area contributed by atoms with Gasteiger partial charge in [-0.2, -0.15) is 0 Å². The zero-order chi connectivity index (χ0) is 11.7. The molecule has 0 aliphatic carbocycles. The molecule has 1 aliphatic heterocycles. The Morgan fingerprint density at radius 2 is 2.44 bits per heavy atom. The number of aromatic nitrogens is 1. The lowest BCUT2D eigenvalue weighted by Crippen LogP contribution is -2.49. The van der Waals surface area contributed by atoms with E-state index in [1.807, 2.05) is 24.9 Å². The molecule has 2 N–H and O–H groups in total. The second-order valence-corrected chi connectivity index (χ2v) is 5.53. The quantitative estimate of drug-likeness (QED) is 0.850. The van der Waals surface area contributed by atoms with Crippen LogP contribution in [-0.2, 0) is 4.79 Å². The van der Waals surface area contributed by atoms with Crippen molar-refractivity contribution in [2.45, 2.75) is 38.8 Å². The van der Waals surface area contributed by atoms with E-state index in [0.717, 1.165) is 24.4 Å². The summed E-state index contributed by atoms with van der Waals surface area (Å²) >= 11 is 1.65. The minimum Gasteiger partial charge on any atom is -0.332 e. The van der Waals surface area contributed by atoms with E-state index in [9.17, 15) is 4.79 Å². The highest BCUT2D eigenvalue weighted by Crippen LogP contribution is 2.27. The molecule has 16 heavy (non-hydrogen) atoms. The molecule has 0 bridgehead atoms. The molecule has 0 saturated carbocycles. The SMILES string of the molecule is Cc1cnc(C(C)N2CCCC(N)C2=O)s1. The van der Waals surface area contributed by atoms with Crippen molar-refractivity contribution >= 4 is 17.2 Å². The van der Waals surface area contributed by atoms with Crippen LogP contribution in [0.25, 0.3) is 0 Å². The van der Waals surface area contributed by atoms with E-state index >= 15 is 0 Å². The lowest BCUT2D eigenvalue weighted by atomic mass is 10.0. The van der Waals surface area contributed by atoms with Crippen LogP contribution in [0.2, 0.25) is 0 Å². The standard InChI is InChI=1S/C11H17N3OS/c1-7-6-13-10(16-7)8(2)14-5-3-4-9(12)11(14)15/h6,8-9H,3-5,12H2,1-2H3. The summed E-state index contributed by atoms with van der Waals surface area (Å²) in [5.41, 5.74) is 5.78. The van der Waals surface area contributed by atoms with Gasteiger partial charge in [-0.15, -0.1) is 11.3 Å². The Morgan fingerprint density at radius 1 is 1.69 bits per heavy atom. The minimum atomic E-state index is -0.322. The van der Waals surface area contributed by atoms with Crippen LogP contribution in [0.3, 0.4) is 0 Å². The molecule has 2 unspecified atom stereocenters. The van der Waals surface area contributed by atoms with Gasteiger partial charge in [0.2, 0.25) is 5.91 Å². The number of thiazole rings is 1. The van der Waals surface area contributed by atoms with Crippen molar-refractivity contribution < 1.29 is 4.79 Å². The summed E-state index contributed by atoms with van der Waals surface area (Å²) in [4.78, 5) is 19.3. The van der Waals surface area contributed by atoms with Crippen LogP contribution in [-0.4, -0.2) is 28.4 Å². The molecule has 2 rings (SSSR count). The molecule has 0 aromatic carbocycles. The second-order valence-electron chi connectivity index (χ2n) is 4.27. The van der Waals surface area contributed by atoms with Crippen molar-refractivity contribution in [2.75, 3.05) is 6.54 Å². The molecule has 88 valence electrons. The third-order valence-electron chi connectivity index (χ3n) is 2.98.